The molecule has 3 rings (SSSR count). The van der Waals surface area contributed by atoms with Crippen LogP contribution in [0.4, 0.5) is 5.95 Å². The van der Waals surface area contributed by atoms with Crippen LogP contribution in [0.2, 0.25) is 0 Å². The zero-order valence-corrected chi connectivity index (χ0v) is 19.9. The highest BCUT2D eigenvalue weighted by molar-refractivity contribution is 5.62. The fraction of sp³-hybridized carbons (Fsp3) is 0.407. The lowest BCUT2D eigenvalue weighted by Gasteiger charge is -2.20. The van der Waals surface area contributed by atoms with Crippen LogP contribution in [0.3, 0.4) is 0 Å². The lowest BCUT2D eigenvalue weighted by atomic mass is 10.0. The summed E-state index contributed by atoms with van der Waals surface area (Å²) in [6.07, 6.45) is 11.6. The van der Waals surface area contributed by atoms with Crippen LogP contribution in [0.1, 0.15) is 75.6 Å². The standard InChI is InChI=1S/C27H37N5/c1-6-12-24(13-7-2)30-27-28-18-20(4)26(31-27)32-17-16-23(19-32)21(5)29-25(8-3)22-14-10-9-11-15-22/h9-11,14-19,24-25,29H,5-8,12-13H2,1-4H3,(H,28,30,31). The molecule has 0 aliphatic heterocycles. The molecular formula is C27H37N5. The quantitative estimate of drug-likeness (QED) is 0.336. The molecule has 2 N–H and O–H groups in total. The van der Waals surface area contributed by atoms with E-state index in [1.165, 1.54) is 5.56 Å². The molecule has 1 unspecified atom stereocenters. The number of aromatic nitrogens is 3. The van der Waals surface area contributed by atoms with E-state index in [0.29, 0.717) is 12.0 Å². The van der Waals surface area contributed by atoms with Crippen LogP contribution in [-0.2, 0) is 0 Å². The molecule has 5 nitrogen and oxygen atoms in total. The molecule has 0 aliphatic carbocycles. The molecule has 0 saturated carbocycles. The monoisotopic (exact) mass is 431 g/mol. The van der Waals surface area contributed by atoms with E-state index in [2.05, 4.69) is 84.1 Å². The molecular weight excluding hydrogens is 394 g/mol. The van der Waals surface area contributed by atoms with Crippen LogP contribution in [0.15, 0.2) is 61.6 Å². The molecule has 0 fully saturated rings. The first-order valence-electron chi connectivity index (χ1n) is 11.8. The van der Waals surface area contributed by atoms with Crippen molar-refractivity contribution in [1.29, 1.82) is 0 Å². The summed E-state index contributed by atoms with van der Waals surface area (Å²) < 4.78 is 2.06. The summed E-state index contributed by atoms with van der Waals surface area (Å²) in [5, 5.41) is 7.13. The van der Waals surface area contributed by atoms with Gasteiger partial charge in [0.15, 0.2) is 0 Å². The Kier molecular flexibility index (Phi) is 8.48. The minimum absolute atomic E-state index is 0.234. The van der Waals surface area contributed by atoms with Crippen LogP contribution < -0.4 is 10.6 Å². The largest absolute Gasteiger partial charge is 0.378 e. The van der Waals surface area contributed by atoms with Crippen molar-refractivity contribution in [3.8, 4) is 5.82 Å². The fourth-order valence-electron chi connectivity index (χ4n) is 4.04. The fourth-order valence-corrected chi connectivity index (χ4v) is 4.04. The maximum Gasteiger partial charge on any atom is 0.224 e. The van der Waals surface area contributed by atoms with E-state index in [4.69, 9.17) is 4.98 Å². The highest BCUT2D eigenvalue weighted by Crippen LogP contribution is 2.23. The van der Waals surface area contributed by atoms with Gasteiger partial charge in [-0.25, -0.2) is 4.98 Å². The van der Waals surface area contributed by atoms with Crippen molar-refractivity contribution in [2.24, 2.45) is 0 Å². The van der Waals surface area contributed by atoms with E-state index in [0.717, 1.165) is 54.7 Å². The summed E-state index contributed by atoms with van der Waals surface area (Å²) in [7, 11) is 0. The van der Waals surface area contributed by atoms with Crippen LogP contribution in [-0.4, -0.2) is 20.6 Å². The Bertz CT molecular complexity index is 986. The van der Waals surface area contributed by atoms with Gasteiger partial charge in [0, 0.05) is 41.5 Å². The van der Waals surface area contributed by atoms with Gasteiger partial charge in [-0.3, -0.25) is 0 Å². The number of anilines is 1. The van der Waals surface area contributed by atoms with Gasteiger partial charge in [-0.2, -0.15) is 4.98 Å². The number of rotatable bonds is 12. The number of nitrogens with one attached hydrogen (secondary N) is 2. The molecule has 3 aromatic rings. The van der Waals surface area contributed by atoms with Gasteiger partial charge in [0.25, 0.3) is 0 Å². The van der Waals surface area contributed by atoms with Gasteiger partial charge in [-0.1, -0.05) is 70.5 Å². The van der Waals surface area contributed by atoms with E-state index < -0.39 is 0 Å². The average Bonchev–Trinajstić information content (AvgIpc) is 3.30. The Balaban J connectivity index is 1.76. The summed E-state index contributed by atoms with van der Waals surface area (Å²) >= 11 is 0. The smallest absolute Gasteiger partial charge is 0.224 e. The molecule has 2 heterocycles. The van der Waals surface area contributed by atoms with Crippen molar-refractivity contribution in [2.45, 2.75) is 71.9 Å². The Morgan fingerprint density at radius 3 is 2.44 bits per heavy atom. The topological polar surface area (TPSA) is 54.8 Å². The lowest BCUT2D eigenvalue weighted by Crippen LogP contribution is -2.21. The molecule has 170 valence electrons. The first kappa shape index (κ1) is 23.6. The summed E-state index contributed by atoms with van der Waals surface area (Å²) in [5.74, 6) is 1.59. The summed E-state index contributed by atoms with van der Waals surface area (Å²) in [5.41, 5.74) is 4.28. The lowest BCUT2D eigenvalue weighted by molar-refractivity contribution is 0.582. The first-order chi connectivity index (χ1) is 15.5. The second kappa shape index (κ2) is 11.5. The molecule has 1 atom stereocenters. The molecule has 32 heavy (non-hydrogen) atoms. The van der Waals surface area contributed by atoms with Gasteiger partial charge >= 0.3 is 0 Å². The summed E-state index contributed by atoms with van der Waals surface area (Å²) in [6, 6.07) is 13.2. The Hall–Kier alpha value is -3.08. The average molecular weight is 432 g/mol. The van der Waals surface area contributed by atoms with Crippen LogP contribution >= 0.6 is 0 Å². The predicted octanol–water partition coefficient (Wildman–Crippen LogP) is 6.67. The molecule has 0 saturated heterocycles. The van der Waals surface area contributed by atoms with Crippen molar-refractivity contribution in [3.05, 3.63) is 78.3 Å². The summed E-state index contributed by atoms with van der Waals surface area (Å²) in [6.45, 7) is 13.0. The Morgan fingerprint density at radius 2 is 1.78 bits per heavy atom. The van der Waals surface area contributed by atoms with E-state index >= 15 is 0 Å². The molecule has 1 aromatic carbocycles. The minimum atomic E-state index is 0.234. The van der Waals surface area contributed by atoms with Gasteiger partial charge in [0.2, 0.25) is 5.95 Å². The third-order valence-corrected chi connectivity index (χ3v) is 5.80. The van der Waals surface area contributed by atoms with Gasteiger partial charge in [0.05, 0.1) is 6.04 Å². The molecule has 0 amide bonds. The van der Waals surface area contributed by atoms with Gasteiger partial charge in [-0.05, 0) is 37.8 Å². The zero-order chi connectivity index (χ0) is 22.9. The number of aryl methyl sites for hydroxylation is 1. The molecule has 0 radical (unpaired) electrons. The molecule has 2 aromatic heterocycles. The van der Waals surface area contributed by atoms with Crippen LogP contribution in [0.25, 0.3) is 11.5 Å². The van der Waals surface area contributed by atoms with Gasteiger partial charge < -0.3 is 15.2 Å². The van der Waals surface area contributed by atoms with E-state index in [-0.39, 0.29) is 6.04 Å². The van der Waals surface area contributed by atoms with E-state index in [1.54, 1.807) is 0 Å². The van der Waals surface area contributed by atoms with Crippen molar-refractivity contribution in [3.63, 3.8) is 0 Å². The normalized spacial score (nSPS) is 12.0. The van der Waals surface area contributed by atoms with Crippen molar-refractivity contribution in [2.75, 3.05) is 5.32 Å². The Morgan fingerprint density at radius 1 is 1.06 bits per heavy atom. The van der Waals surface area contributed by atoms with E-state index in [9.17, 15) is 0 Å². The van der Waals surface area contributed by atoms with Crippen molar-refractivity contribution < 1.29 is 0 Å². The third-order valence-electron chi connectivity index (χ3n) is 5.80. The first-order valence-corrected chi connectivity index (χ1v) is 11.8. The number of hydrogen-bond acceptors (Lipinski definition) is 4. The Labute approximate surface area is 193 Å². The maximum atomic E-state index is 4.83. The molecule has 0 bridgehead atoms. The highest BCUT2D eigenvalue weighted by Gasteiger charge is 2.14. The van der Waals surface area contributed by atoms with Crippen molar-refractivity contribution in [1.82, 2.24) is 19.9 Å². The second-order valence-corrected chi connectivity index (χ2v) is 8.42. The van der Waals surface area contributed by atoms with Gasteiger partial charge in [0.1, 0.15) is 5.82 Å². The maximum absolute atomic E-state index is 4.83. The molecule has 0 spiro atoms. The minimum Gasteiger partial charge on any atom is -0.378 e. The number of hydrogen-bond donors (Lipinski definition) is 2. The second-order valence-electron chi connectivity index (χ2n) is 8.42. The van der Waals surface area contributed by atoms with Gasteiger partial charge in [-0.15, -0.1) is 0 Å². The number of benzene rings is 1. The SMILES string of the molecule is C=C(NC(CC)c1ccccc1)c1ccn(-c2nc(NC(CCC)CCC)ncc2C)c1. The van der Waals surface area contributed by atoms with Crippen LogP contribution in [0, 0.1) is 6.92 Å². The summed E-state index contributed by atoms with van der Waals surface area (Å²) in [4.78, 5) is 9.36. The molecule has 5 heteroatoms. The van der Waals surface area contributed by atoms with E-state index in [1.807, 2.05) is 25.4 Å². The number of nitrogens with zero attached hydrogens (tertiary/aromatic N) is 3. The zero-order valence-electron chi connectivity index (χ0n) is 19.9. The van der Waals surface area contributed by atoms with Crippen LogP contribution in [0.5, 0.6) is 0 Å². The highest BCUT2D eigenvalue weighted by atomic mass is 15.2. The molecule has 0 aliphatic rings. The third kappa shape index (κ3) is 6.00. The predicted molar refractivity (Wildman–Crippen MR) is 135 cm³/mol. The van der Waals surface area contributed by atoms with Crippen molar-refractivity contribution >= 4 is 11.6 Å².